The van der Waals surface area contributed by atoms with E-state index in [0.717, 1.165) is 24.9 Å². The molecule has 0 spiro atoms. The molecule has 3 aliphatic rings. The standard InChI is InChI=1S/C22H25N7O2/c1-28(16-4-8-23-9-5-16)10-6-19(30)27-22-12-21(13-22,14-22)15-25-20(31)17-11-24-18-3-2-7-26-29(17)18/h2-5,7-9,11H,6,10,12-15H2,1H3,(H,25,31)(H,27,30). The van der Waals surface area contributed by atoms with Crippen LogP contribution in [0.2, 0.25) is 0 Å². The molecule has 2 N–H and O–H groups in total. The quantitative estimate of drug-likeness (QED) is 0.572. The van der Waals surface area contributed by atoms with Crippen molar-refractivity contribution in [1.29, 1.82) is 0 Å². The predicted octanol–water partition coefficient (Wildman–Crippen LogP) is 1.42. The van der Waals surface area contributed by atoms with E-state index in [1.54, 1.807) is 35.4 Å². The van der Waals surface area contributed by atoms with Crippen LogP contribution in [0.1, 0.15) is 36.2 Å². The Bertz CT molecular complexity index is 1110. The molecular formula is C22H25N7O2. The summed E-state index contributed by atoms with van der Waals surface area (Å²) in [7, 11) is 1.97. The van der Waals surface area contributed by atoms with Gasteiger partial charge in [0.1, 0.15) is 5.69 Å². The molecule has 3 aromatic heterocycles. The van der Waals surface area contributed by atoms with Crippen molar-refractivity contribution in [3.63, 3.8) is 0 Å². The number of carbonyl (C=O) groups excluding carboxylic acids is 2. The minimum atomic E-state index is -0.173. The van der Waals surface area contributed by atoms with Crippen LogP contribution in [0.3, 0.4) is 0 Å². The average molecular weight is 419 g/mol. The molecule has 0 radical (unpaired) electrons. The molecule has 2 amide bonds. The number of nitrogens with one attached hydrogen (secondary N) is 2. The van der Waals surface area contributed by atoms with Crippen molar-refractivity contribution in [3.8, 4) is 0 Å². The van der Waals surface area contributed by atoms with E-state index in [1.165, 1.54) is 0 Å². The molecule has 9 heteroatoms. The fourth-order valence-electron chi connectivity index (χ4n) is 5.02. The van der Waals surface area contributed by atoms with Gasteiger partial charge in [-0.15, -0.1) is 0 Å². The highest BCUT2D eigenvalue weighted by Gasteiger charge is 2.68. The van der Waals surface area contributed by atoms with Gasteiger partial charge >= 0.3 is 0 Å². The van der Waals surface area contributed by atoms with E-state index >= 15 is 0 Å². The van der Waals surface area contributed by atoms with Crippen molar-refractivity contribution < 1.29 is 9.59 Å². The Morgan fingerprint density at radius 2 is 1.94 bits per heavy atom. The number of rotatable bonds is 8. The lowest BCUT2D eigenvalue weighted by atomic mass is 9.39. The lowest BCUT2D eigenvalue weighted by molar-refractivity contribution is -0.162. The molecule has 3 fully saturated rings. The second kappa shape index (κ2) is 7.33. The van der Waals surface area contributed by atoms with Gasteiger partial charge in [-0.05, 0) is 48.9 Å². The minimum absolute atomic E-state index is 0.0787. The predicted molar refractivity (Wildman–Crippen MR) is 115 cm³/mol. The molecule has 9 nitrogen and oxygen atoms in total. The molecule has 31 heavy (non-hydrogen) atoms. The van der Waals surface area contributed by atoms with Gasteiger partial charge in [-0.1, -0.05) is 0 Å². The van der Waals surface area contributed by atoms with E-state index in [0.29, 0.717) is 30.9 Å². The van der Waals surface area contributed by atoms with Crippen LogP contribution in [0.15, 0.2) is 49.1 Å². The third-order valence-electron chi connectivity index (χ3n) is 6.46. The minimum Gasteiger partial charge on any atom is -0.374 e. The van der Waals surface area contributed by atoms with Crippen molar-refractivity contribution in [2.75, 3.05) is 25.0 Å². The molecule has 3 aliphatic carbocycles. The normalized spacial score (nSPS) is 23.5. The maximum absolute atomic E-state index is 12.6. The van der Waals surface area contributed by atoms with Crippen LogP contribution in [0.5, 0.6) is 0 Å². The summed E-state index contributed by atoms with van der Waals surface area (Å²) in [5.74, 6) is -0.0943. The smallest absolute Gasteiger partial charge is 0.271 e. The largest absolute Gasteiger partial charge is 0.374 e. The molecule has 3 aromatic rings. The Hall–Kier alpha value is -3.49. The maximum Gasteiger partial charge on any atom is 0.271 e. The summed E-state index contributed by atoms with van der Waals surface area (Å²) >= 11 is 0. The highest BCUT2D eigenvalue weighted by molar-refractivity contribution is 5.93. The first kappa shape index (κ1) is 19.5. The van der Waals surface area contributed by atoms with Crippen molar-refractivity contribution in [3.05, 3.63) is 54.7 Å². The third kappa shape index (κ3) is 3.60. The van der Waals surface area contributed by atoms with Gasteiger partial charge in [0.25, 0.3) is 5.91 Å². The summed E-state index contributed by atoms with van der Waals surface area (Å²) in [6, 6.07) is 7.46. The fourth-order valence-corrected chi connectivity index (χ4v) is 5.02. The lowest BCUT2D eigenvalue weighted by Gasteiger charge is -2.70. The molecule has 6 rings (SSSR count). The van der Waals surface area contributed by atoms with Crippen LogP contribution >= 0.6 is 0 Å². The van der Waals surface area contributed by atoms with Gasteiger partial charge < -0.3 is 15.5 Å². The second-order valence-electron chi connectivity index (χ2n) is 8.86. The summed E-state index contributed by atoms with van der Waals surface area (Å²) in [4.78, 5) is 35.3. The number of carbonyl (C=O) groups is 2. The van der Waals surface area contributed by atoms with Crippen LogP contribution in [0.25, 0.3) is 5.65 Å². The zero-order chi connectivity index (χ0) is 21.5. The monoisotopic (exact) mass is 419 g/mol. The van der Waals surface area contributed by atoms with E-state index in [-0.39, 0.29) is 22.8 Å². The Kier molecular flexibility index (Phi) is 4.60. The number of nitrogens with zero attached hydrogens (tertiary/aromatic N) is 5. The van der Waals surface area contributed by atoms with Gasteiger partial charge in [0.05, 0.1) is 6.20 Å². The molecule has 3 heterocycles. The Labute approximate surface area is 179 Å². The maximum atomic E-state index is 12.6. The summed E-state index contributed by atoms with van der Waals surface area (Å²) in [5, 5.41) is 10.4. The Balaban J connectivity index is 1.07. The number of amides is 2. The van der Waals surface area contributed by atoms with Crippen molar-refractivity contribution >= 4 is 23.1 Å². The SMILES string of the molecule is CN(CCC(=O)NC12CC(CNC(=O)c3cnc4cccnn34)(C1)C2)c1ccncc1. The zero-order valence-electron chi connectivity index (χ0n) is 17.4. The summed E-state index contributed by atoms with van der Waals surface area (Å²) in [6.45, 7) is 1.26. The van der Waals surface area contributed by atoms with Gasteiger partial charge in [-0.3, -0.25) is 14.6 Å². The molecule has 0 aromatic carbocycles. The molecule has 3 saturated carbocycles. The molecule has 160 valence electrons. The number of anilines is 1. The van der Waals surface area contributed by atoms with E-state index in [4.69, 9.17) is 0 Å². The van der Waals surface area contributed by atoms with Gasteiger partial charge in [0, 0.05) is 56.4 Å². The lowest BCUT2D eigenvalue weighted by Crippen LogP contribution is -2.77. The van der Waals surface area contributed by atoms with Crippen molar-refractivity contribution in [1.82, 2.24) is 30.2 Å². The number of aromatic nitrogens is 4. The molecule has 0 atom stereocenters. The molecule has 0 saturated heterocycles. The van der Waals surface area contributed by atoms with Gasteiger partial charge in [0.15, 0.2) is 5.65 Å². The van der Waals surface area contributed by atoms with Gasteiger partial charge in [0.2, 0.25) is 5.91 Å². The first-order valence-corrected chi connectivity index (χ1v) is 10.5. The average Bonchev–Trinajstić information content (AvgIpc) is 3.17. The fraction of sp³-hybridized carbons (Fsp3) is 0.409. The Morgan fingerprint density at radius 1 is 1.16 bits per heavy atom. The summed E-state index contributed by atoms with van der Waals surface area (Å²) in [6.07, 6.45) is 9.87. The van der Waals surface area contributed by atoms with Crippen molar-refractivity contribution in [2.45, 2.75) is 31.2 Å². The van der Waals surface area contributed by atoms with Crippen LogP contribution in [-0.4, -0.2) is 57.1 Å². The summed E-state index contributed by atoms with van der Waals surface area (Å²) < 4.78 is 1.54. The zero-order valence-corrected chi connectivity index (χ0v) is 17.4. The van der Waals surface area contributed by atoms with Crippen LogP contribution in [0.4, 0.5) is 5.69 Å². The molecule has 0 aliphatic heterocycles. The van der Waals surface area contributed by atoms with E-state index in [9.17, 15) is 9.59 Å². The number of pyridine rings is 1. The highest BCUT2D eigenvalue weighted by Crippen LogP contribution is 2.66. The second-order valence-corrected chi connectivity index (χ2v) is 8.86. The van der Waals surface area contributed by atoms with Crippen LogP contribution in [0, 0.1) is 5.41 Å². The topological polar surface area (TPSA) is 105 Å². The molecule has 2 bridgehead atoms. The Morgan fingerprint density at radius 3 is 2.71 bits per heavy atom. The van der Waals surface area contributed by atoms with Crippen molar-refractivity contribution in [2.24, 2.45) is 5.41 Å². The number of imidazole rings is 1. The molecular weight excluding hydrogens is 394 g/mol. The first-order chi connectivity index (χ1) is 15.0. The first-order valence-electron chi connectivity index (χ1n) is 10.5. The third-order valence-corrected chi connectivity index (χ3v) is 6.46. The number of hydrogen-bond donors (Lipinski definition) is 2. The van der Waals surface area contributed by atoms with E-state index in [2.05, 4.69) is 30.6 Å². The van der Waals surface area contributed by atoms with Gasteiger partial charge in [-0.25, -0.2) is 9.50 Å². The number of fused-ring (bicyclic) bond motifs is 1. The van der Waals surface area contributed by atoms with Gasteiger partial charge in [-0.2, -0.15) is 5.10 Å². The van der Waals surface area contributed by atoms with Crippen LogP contribution in [-0.2, 0) is 4.79 Å². The summed E-state index contributed by atoms with van der Waals surface area (Å²) in [5.41, 5.74) is 2.15. The van der Waals surface area contributed by atoms with E-state index in [1.807, 2.05) is 25.2 Å². The van der Waals surface area contributed by atoms with E-state index < -0.39 is 0 Å². The highest BCUT2D eigenvalue weighted by atomic mass is 16.2. The molecule has 0 unspecified atom stereocenters. The van der Waals surface area contributed by atoms with Crippen LogP contribution < -0.4 is 15.5 Å². The number of hydrogen-bond acceptors (Lipinski definition) is 6.